The van der Waals surface area contributed by atoms with Crippen molar-refractivity contribution in [3.63, 3.8) is 0 Å². The predicted octanol–water partition coefficient (Wildman–Crippen LogP) is 7.17. The lowest BCUT2D eigenvalue weighted by Gasteiger charge is -2.31. The second kappa shape index (κ2) is 16.1. The summed E-state index contributed by atoms with van der Waals surface area (Å²) < 4.78 is 12.1. The number of hydrogen-bond donors (Lipinski definition) is 1. The van der Waals surface area contributed by atoms with E-state index in [1.807, 2.05) is 24.3 Å². The fraction of sp³-hybridized carbons (Fsp3) is 0.241. The molecule has 1 aliphatic rings. The summed E-state index contributed by atoms with van der Waals surface area (Å²) in [6, 6.07) is 22.3. The largest absolute Gasteiger partial charge is 0.383 e. The summed E-state index contributed by atoms with van der Waals surface area (Å²) >= 11 is 1.74. The molecule has 1 saturated heterocycles. The van der Waals surface area contributed by atoms with Crippen LogP contribution in [-0.2, 0) is 0 Å². The zero-order chi connectivity index (χ0) is 26.7. The van der Waals surface area contributed by atoms with E-state index in [-0.39, 0.29) is 15.2 Å². The van der Waals surface area contributed by atoms with Crippen molar-refractivity contribution in [3.05, 3.63) is 89.5 Å². The smallest absolute Gasteiger partial charge is 0.190 e. The molecule has 7 nitrogen and oxygen atoms in total. The van der Waals surface area contributed by atoms with Gasteiger partial charge in [0.25, 0.3) is 0 Å². The molecule has 3 aromatic carbocycles. The summed E-state index contributed by atoms with van der Waals surface area (Å²) in [5.74, 6) is 1.96. The molecule has 1 atom stereocenters. The first kappa shape index (κ1) is 32.1. The van der Waals surface area contributed by atoms with E-state index >= 15 is 0 Å². The van der Waals surface area contributed by atoms with Crippen LogP contribution in [-0.4, -0.2) is 35.9 Å². The molecule has 40 heavy (non-hydrogen) atoms. The highest BCUT2D eigenvalue weighted by atomic mass is 32.2. The summed E-state index contributed by atoms with van der Waals surface area (Å²) in [4.78, 5) is 14.3. The molecule has 0 amide bonds. The van der Waals surface area contributed by atoms with Gasteiger partial charge in [0.15, 0.2) is 10.9 Å². The number of para-hydroxylation sites is 1. The Morgan fingerprint density at radius 2 is 1.80 bits per heavy atom. The fourth-order valence-corrected chi connectivity index (χ4v) is 4.84. The number of amidine groups is 2. The maximum atomic E-state index is 12.1. The molecule has 2 N–H and O–H groups in total. The van der Waals surface area contributed by atoms with Gasteiger partial charge in [-0.1, -0.05) is 68.1 Å². The third kappa shape index (κ3) is 8.44. The van der Waals surface area contributed by atoms with Gasteiger partial charge in [0, 0.05) is 28.1 Å². The number of hydrogen-bond acceptors (Lipinski definition) is 5. The Morgan fingerprint density at radius 1 is 1.07 bits per heavy atom. The van der Waals surface area contributed by atoms with Crippen LogP contribution in [0.25, 0.3) is 0 Å². The van der Waals surface area contributed by atoms with Gasteiger partial charge >= 0.3 is 0 Å². The van der Waals surface area contributed by atoms with E-state index in [0.29, 0.717) is 17.4 Å². The first-order valence-corrected chi connectivity index (χ1v) is 13.5. The number of nitrogens with two attached hydrogens (primary N) is 1. The maximum absolute atomic E-state index is 12.1. The minimum Gasteiger partial charge on any atom is -0.383 e. The topological polar surface area (TPSA) is 87.9 Å². The Morgan fingerprint density at radius 3 is 2.50 bits per heavy atom. The Hall–Kier alpha value is -4.12. The van der Waals surface area contributed by atoms with Crippen molar-refractivity contribution in [2.24, 2.45) is 25.9 Å². The summed E-state index contributed by atoms with van der Waals surface area (Å²) in [6.07, 6.45) is 5.30. The molecule has 11 heteroatoms. The lowest BCUT2D eigenvalue weighted by molar-refractivity contribution is -0.00618. The first-order valence-electron chi connectivity index (χ1n) is 12.5. The van der Waals surface area contributed by atoms with Gasteiger partial charge < -0.3 is 10.6 Å². The normalized spacial score (nSPS) is 15.6. The molecule has 3 aromatic rings. The quantitative estimate of drug-likeness (QED) is 0.168. The van der Waals surface area contributed by atoms with Gasteiger partial charge in [0.05, 0.1) is 11.9 Å². The molecule has 1 aliphatic heterocycles. The Kier molecular flexibility index (Phi) is 12.9. The molecule has 4 rings (SSSR count). The van der Waals surface area contributed by atoms with Crippen LogP contribution >= 0.6 is 11.8 Å². The molecule has 212 valence electrons. The van der Waals surface area contributed by atoms with E-state index in [2.05, 4.69) is 68.1 Å². The van der Waals surface area contributed by atoms with Crippen LogP contribution in [0, 0.1) is 0 Å². The number of aliphatic imine (C=N–C) groups is 2. The summed E-state index contributed by atoms with van der Waals surface area (Å²) in [7, 11) is 0. The molecule has 0 saturated carbocycles. The van der Waals surface area contributed by atoms with Crippen molar-refractivity contribution in [2.75, 3.05) is 17.2 Å². The van der Waals surface area contributed by atoms with Gasteiger partial charge in [0.1, 0.15) is 12.2 Å². The monoisotopic (exact) mass is 570 g/mol. The van der Waals surface area contributed by atoms with Crippen LogP contribution in [0.3, 0.4) is 0 Å². The molecule has 0 aromatic heterocycles. The Labute approximate surface area is 236 Å². The number of nitrogens with zero attached hydrogens (tertiary/aromatic N) is 5. The highest BCUT2D eigenvalue weighted by Crippen LogP contribution is 2.33. The number of rotatable bonds is 9. The Bertz CT molecular complexity index is 1330. The van der Waals surface area contributed by atoms with Gasteiger partial charge in [0.2, 0.25) is 0 Å². The molecular weight excluding hydrogens is 537 g/mol. The van der Waals surface area contributed by atoms with Gasteiger partial charge in [-0.15, -0.1) is 5.10 Å². The first-order chi connectivity index (χ1) is 18.6. The van der Waals surface area contributed by atoms with Crippen molar-refractivity contribution in [2.45, 2.75) is 32.6 Å². The van der Waals surface area contributed by atoms with Gasteiger partial charge in [-0.2, -0.15) is 5.10 Å². The highest BCUT2D eigenvalue weighted by molar-refractivity contribution is 8.14. The van der Waals surface area contributed by atoms with Crippen LogP contribution in [0.5, 0.6) is 5.75 Å². The number of halogens is 3. The van der Waals surface area contributed by atoms with Crippen molar-refractivity contribution in [3.8, 4) is 5.75 Å². The molecule has 0 aliphatic carbocycles. The van der Waals surface area contributed by atoms with E-state index in [9.17, 15) is 4.53 Å². The second-order valence-electron chi connectivity index (χ2n) is 8.80. The number of thioether (sulfide) groups is 1. The standard InChI is InChI=1S/C29H31FN6OS.2FH/c1-3-21(2)26-7-4-5-8-27(26)36-17-6-18-38-29(36)35-34-19-22-9-11-23(12-10-22)28(31)33-20-32-24-13-15-25(37-30)16-14-24;;/h4-5,7-16,19-21H,3,6,17-18H2,1-2H3,(H2,31,32,33);2*1H/b34-19+,35-29-;;. The van der Waals surface area contributed by atoms with Crippen molar-refractivity contribution in [1.29, 1.82) is 0 Å². The summed E-state index contributed by atoms with van der Waals surface area (Å²) in [5, 5.41) is 9.89. The lowest BCUT2D eigenvalue weighted by atomic mass is 9.96. The Balaban J connectivity index is 0.00000280. The molecule has 1 fully saturated rings. The third-order valence-electron chi connectivity index (χ3n) is 6.24. The second-order valence-corrected chi connectivity index (χ2v) is 9.86. The number of benzene rings is 3. The summed E-state index contributed by atoms with van der Waals surface area (Å²) in [5.41, 5.74) is 10.9. The van der Waals surface area contributed by atoms with Gasteiger partial charge in [-0.05, 0) is 60.2 Å². The van der Waals surface area contributed by atoms with Crippen molar-refractivity contribution >= 4 is 46.7 Å². The van der Waals surface area contributed by atoms with Crippen molar-refractivity contribution in [1.82, 2.24) is 0 Å². The van der Waals surface area contributed by atoms with Crippen LogP contribution in [0.2, 0.25) is 0 Å². The van der Waals surface area contributed by atoms with E-state index in [0.717, 1.165) is 41.4 Å². The van der Waals surface area contributed by atoms with E-state index in [1.54, 1.807) is 30.1 Å². The average molecular weight is 571 g/mol. The minimum absolute atomic E-state index is 0. The maximum Gasteiger partial charge on any atom is 0.190 e. The third-order valence-corrected chi connectivity index (χ3v) is 7.30. The van der Waals surface area contributed by atoms with Crippen LogP contribution < -0.4 is 15.6 Å². The van der Waals surface area contributed by atoms with E-state index in [4.69, 9.17) is 5.73 Å². The van der Waals surface area contributed by atoms with Crippen LogP contribution in [0.4, 0.5) is 25.3 Å². The van der Waals surface area contributed by atoms with Crippen LogP contribution in [0.15, 0.2) is 93.0 Å². The minimum atomic E-state index is 0. The zero-order valence-corrected chi connectivity index (χ0v) is 23.1. The SMILES string of the molecule is CCC(C)c1ccccc1N1CCCS/C1=N\N=C\c1ccc(C(N)=NC=Nc2ccc(OF)cc2)cc1.F.F. The van der Waals surface area contributed by atoms with E-state index in [1.165, 1.54) is 29.7 Å². The highest BCUT2D eigenvalue weighted by Gasteiger charge is 2.22. The molecule has 1 unspecified atom stereocenters. The molecule has 0 bridgehead atoms. The average Bonchev–Trinajstić information content (AvgIpc) is 2.97. The van der Waals surface area contributed by atoms with Gasteiger partial charge in [-0.3, -0.25) is 14.4 Å². The molecular formula is C29H33F3N6OS. The number of anilines is 1. The van der Waals surface area contributed by atoms with E-state index < -0.39 is 0 Å². The van der Waals surface area contributed by atoms with Crippen molar-refractivity contribution < 1.29 is 18.9 Å². The molecule has 0 spiro atoms. The predicted molar refractivity (Wildman–Crippen MR) is 163 cm³/mol. The fourth-order valence-electron chi connectivity index (χ4n) is 3.94. The zero-order valence-electron chi connectivity index (χ0n) is 22.3. The molecule has 0 radical (unpaired) electrons. The summed E-state index contributed by atoms with van der Waals surface area (Å²) in [6.45, 7) is 5.42. The van der Waals surface area contributed by atoms with Crippen LogP contribution in [0.1, 0.15) is 49.3 Å². The molecule has 1 heterocycles. The van der Waals surface area contributed by atoms with Gasteiger partial charge in [-0.25, -0.2) is 9.98 Å². The lowest BCUT2D eigenvalue weighted by Crippen LogP contribution is -2.34.